The van der Waals surface area contributed by atoms with Gasteiger partial charge in [0.1, 0.15) is 29.6 Å². The molecule has 6 rings (SSSR count). The average molecular weight is 877 g/mol. The number of Topliss-reactive ketones (excluding diaryl/α,β-unsaturated/α-hetero) is 2. The number of hydrogen-bond acceptors (Lipinski definition) is 10. The number of phenolic OH excluding ortho intramolecular Hbond substituents is 1. The number of aromatic hydroxyl groups is 1. The number of aromatic amines is 1. The van der Waals surface area contributed by atoms with Gasteiger partial charge in [-0.05, 0) is 99.5 Å². The smallest absolute Gasteiger partial charge is 0.252 e. The Hall–Kier alpha value is -6.03. The second-order valence-corrected chi connectivity index (χ2v) is 17.0. The first-order valence-electron chi connectivity index (χ1n) is 20.9. The Labute approximate surface area is 370 Å². The number of nitrogens with one attached hydrogen (secondary N) is 6. The molecule has 0 aliphatic heterocycles. The van der Waals surface area contributed by atoms with Crippen LogP contribution in [-0.2, 0) is 48.5 Å². The zero-order valence-electron chi connectivity index (χ0n) is 36.7. The molecule has 5 atom stereocenters. The average Bonchev–Trinajstić information content (AvgIpc) is 3.70. The topological polar surface area (TPSA) is 199 Å². The predicted molar refractivity (Wildman–Crippen MR) is 250 cm³/mol. The van der Waals surface area contributed by atoms with Crippen LogP contribution in [0.25, 0.3) is 21.7 Å². The lowest BCUT2D eigenvalue weighted by Crippen LogP contribution is -2.56. The number of hydrogen-bond donors (Lipinski definition) is 7. The van der Waals surface area contributed by atoms with Crippen molar-refractivity contribution >= 4 is 55.5 Å². The van der Waals surface area contributed by atoms with Gasteiger partial charge in [-0.1, -0.05) is 117 Å². The van der Waals surface area contributed by atoms with E-state index in [0.29, 0.717) is 24.6 Å². The van der Waals surface area contributed by atoms with Gasteiger partial charge in [-0.3, -0.25) is 19.8 Å². The van der Waals surface area contributed by atoms with Crippen LogP contribution in [-0.4, -0.2) is 80.5 Å². The largest absolute Gasteiger partial charge is 0.508 e. The molecule has 0 saturated heterocycles. The number of hydrazine groups is 1. The van der Waals surface area contributed by atoms with Gasteiger partial charge in [0.15, 0.2) is 0 Å². The summed E-state index contributed by atoms with van der Waals surface area (Å²) in [7, 11) is -0.423. The summed E-state index contributed by atoms with van der Waals surface area (Å²) in [6.45, 7) is 6.88. The lowest BCUT2D eigenvalue weighted by Gasteiger charge is -2.25. The number of para-hydroxylation sites is 1. The summed E-state index contributed by atoms with van der Waals surface area (Å²) in [6, 6.07) is 35.0. The van der Waals surface area contributed by atoms with Gasteiger partial charge >= 0.3 is 0 Å². The number of H-pyrrole nitrogens is 1. The van der Waals surface area contributed by atoms with Crippen molar-refractivity contribution in [3.63, 3.8) is 0 Å². The molecule has 7 N–H and O–H groups in total. The highest BCUT2D eigenvalue weighted by atomic mass is 32.2. The molecule has 0 spiro atoms. The second kappa shape index (κ2) is 24.6. The molecule has 14 heteroatoms. The lowest BCUT2D eigenvalue weighted by atomic mass is 10.00. The molecule has 5 aromatic carbocycles. The van der Waals surface area contributed by atoms with Crippen molar-refractivity contribution in [2.24, 2.45) is 5.92 Å². The molecule has 1 aromatic heterocycles. The SMILES string of the molecule is CCC(C)[C@H](NS(=O)(=O)c1cccc2ccccc12)C(=O)NN[C@@H](C=O)Cc1c[nH]c2ccccc12.CN[C@@H](Cc1ccc(O)cc1)C(C)=O.CN[C@@H](Cc1ccccc1)C(C)=O. The fraction of sp³-hybridized carbons (Fsp3) is 0.306. The van der Waals surface area contributed by atoms with Crippen molar-refractivity contribution in [1.29, 1.82) is 0 Å². The minimum absolute atomic E-state index is 0.0533. The van der Waals surface area contributed by atoms with Crippen LogP contribution in [0.5, 0.6) is 5.75 Å². The molecule has 1 heterocycles. The van der Waals surface area contributed by atoms with Crippen molar-refractivity contribution in [1.82, 2.24) is 31.2 Å². The Balaban J connectivity index is 0.000000263. The van der Waals surface area contributed by atoms with Crippen LogP contribution in [0.15, 0.2) is 132 Å². The monoisotopic (exact) mass is 876 g/mol. The number of aldehydes is 1. The van der Waals surface area contributed by atoms with Crippen molar-refractivity contribution in [3.05, 3.63) is 144 Å². The molecular weight excluding hydrogens is 817 g/mol. The summed E-state index contributed by atoms with van der Waals surface area (Å²) in [4.78, 5) is 50.4. The van der Waals surface area contributed by atoms with Crippen LogP contribution in [0, 0.1) is 5.92 Å². The highest BCUT2D eigenvalue weighted by Crippen LogP contribution is 2.24. The van der Waals surface area contributed by atoms with E-state index in [0.717, 1.165) is 40.1 Å². The van der Waals surface area contributed by atoms with Crippen molar-refractivity contribution in [2.45, 2.75) is 82.4 Å². The lowest BCUT2D eigenvalue weighted by molar-refractivity contribution is -0.125. The highest BCUT2D eigenvalue weighted by molar-refractivity contribution is 7.89. The van der Waals surface area contributed by atoms with Gasteiger partial charge in [0.05, 0.1) is 23.0 Å². The number of sulfonamides is 1. The Morgan fingerprint density at radius 3 is 1.86 bits per heavy atom. The van der Waals surface area contributed by atoms with Gasteiger partial charge in [0, 0.05) is 22.5 Å². The van der Waals surface area contributed by atoms with E-state index < -0.39 is 28.0 Å². The summed E-state index contributed by atoms with van der Waals surface area (Å²) in [6.07, 6.45) is 4.91. The third kappa shape index (κ3) is 14.8. The maximum absolute atomic E-state index is 13.3. The standard InChI is InChI=1S/C27H30N4O4S.C11H15NO2.C11H15NO/c1-3-18(2)26(31-36(34,35)25-14-8-10-19-9-4-5-12-23(19)25)27(33)30-29-21(17-32)15-20-16-28-24-13-7-6-11-22(20)24;1-8(13)11(12-2)7-9-3-5-10(14)6-4-9;1-9(13)11(12-2)8-10-6-4-3-5-7-10/h4-14,16-18,21,26,28-29,31H,3,15H2,1-2H3,(H,30,33);3-6,11-12,14H,7H2,1-2H3;3-7,11-12H,8H2,1-2H3/t18?,21-,26+;2*11-/m100/s1. The summed E-state index contributed by atoms with van der Waals surface area (Å²) < 4.78 is 29.3. The molecule has 1 unspecified atom stereocenters. The number of aromatic nitrogens is 1. The van der Waals surface area contributed by atoms with E-state index in [9.17, 15) is 27.6 Å². The molecule has 0 fully saturated rings. The van der Waals surface area contributed by atoms with E-state index in [1.807, 2.05) is 105 Å². The van der Waals surface area contributed by atoms with Crippen molar-refractivity contribution < 1.29 is 32.7 Å². The fourth-order valence-electron chi connectivity index (χ4n) is 6.85. The molecular formula is C49H60N6O7S. The Kier molecular flexibility index (Phi) is 19.4. The third-order valence-corrected chi connectivity index (χ3v) is 12.3. The number of carbonyl (C=O) groups excluding carboxylic acids is 4. The summed E-state index contributed by atoms with van der Waals surface area (Å²) in [5, 5.41) is 17.4. The van der Waals surface area contributed by atoms with E-state index in [1.54, 1.807) is 58.2 Å². The summed E-state index contributed by atoms with van der Waals surface area (Å²) in [5.74, 6) is -0.289. The molecule has 6 aromatic rings. The zero-order chi connectivity index (χ0) is 45.9. The number of benzene rings is 5. The number of phenols is 1. The Morgan fingerprint density at radius 1 is 0.714 bits per heavy atom. The van der Waals surface area contributed by atoms with Gasteiger partial charge in [-0.2, -0.15) is 4.72 Å². The number of rotatable bonds is 19. The molecule has 0 bridgehead atoms. The number of carbonyl (C=O) groups is 4. The van der Waals surface area contributed by atoms with E-state index in [2.05, 4.69) is 31.2 Å². The molecule has 13 nitrogen and oxygen atoms in total. The molecule has 334 valence electrons. The molecule has 0 radical (unpaired) electrons. The summed E-state index contributed by atoms with van der Waals surface area (Å²) >= 11 is 0. The molecule has 0 aliphatic carbocycles. The number of fused-ring (bicyclic) bond motifs is 2. The minimum atomic E-state index is -4.01. The van der Waals surface area contributed by atoms with E-state index >= 15 is 0 Å². The van der Waals surface area contributed by atoms with Crippen molar-refractivity contribution in [3.8, 4) is 5.75 Å². The number of amides is 1. The van der Waals surface area contributed by atoms with Crippen LogP contribution in [0.1, 0.15) is 50.8 Å². The summed E-state index contributed by atoms with van der Waals surface area (Å²) in [5.41, 5.74) is 9.45. The van der Waals surface area contributed by atoms with Gasteiger partial charge in [0.2, 0.25) is 10.0 Å². The van der Waals surface area contributed by atoms with Gasteiger partial charge in [0.25, 0.3) is 5.91 Å². The zero-order valence-corrected chi connectivity index (χ0v) is 37.5. The van der Waals surface area contributed by atoms with Crippen molar-refractivity contribution in [2.75, 3.05) is 14.1 Å². The first kappa shape index (κ1) is 49.6. The molecule has 0 saturated carbocycles. The van der Waals surface area contributed by atoms with Crippen LogP contribution < -0.4 is 26.2 Å². The highest BCUT2D eigenvalue weighted by Gasteiger charge is 2.31. The first-order chi connectivity index (χ1) is 30.2. The molecule has 0 aliphatic rings. The third-order valence-electron chi connectivity index (χ3n) is 10.8. The maximum Gasteiger partial charge on any atom is 0.252 e. The van der Waals surface area contributed by atoms with Gasteiger partial charge in [-0.15, -0.1) is 0 Å². The first-order valence-corrected chi connectivity index (χ1v) is 22.4. The van der Waals surface area contributed by atoms with E-state index in [1.165, 1.54) is 11.6 Å². The van der Waals surface area contributed by atoms with Crippen LogP contribution in [0.2, 0.25) is 0 Å². The van der Waals surface area contributed by atoms with E-state index in [-0.39, 0.29) is 40.2 Å². The fourth-order valence-corrected chi connectivity index (χ4v) is 8.39. The Morgan fingerprint density at radius 2 is 1.27 bits per heavy atom. The predicted octanol–water partition coefficient (Wildman–Crippen LogP) is 5.96. The van der Waals surface area contributed by atoms with Gasteiger partial charge in [-0.25, -0.2) is 13.8 Å². The minimum Gasteiger partial charge on any atom is -0.508 e. The molecule has 1 amide bonds. The maximum atomic E-state index is 13.3. The number of ketones is 2. The van der Waals surface area contributed by atoms with Crippen LogP contribution in [0.3, 0.4) is 0 Å². The van der Waals surface area contributed by atoms with Crippen LogP contribution in [0.4, 0.5) is 0 Å². The van der Waals surface area contributed by atoms with Crippen LogP contribution >= 0.6 is 0 Å². The molecule has 63 heavy (non-hydrogen) atoms. The van der Waals surface area contributed by atoms with Gasteiger partial charge < -0.3 is 25.5 Å². The quantitative estimate of drug-likeness (QED) is 0.0377. The number of likely N-dealkylation sites (N-methyl/N-ethyl adjacent to an activating group) is 2. The second-order valence-electron chi connectivity index (χ2n) is 15.4. The normalized spacial score (nSPS) is 13.6. The van der Waals surface area contributed by atoms with E-state index in [4.69, 9.17) is 5.11 Å². The Bertz CT molecular complexity index is 2510.